The maximum atomic E-state index is 10.4. The number of carboxylic acids is 1. The van der Waals surface area contributed by atoms with Gasteiger partial charge in [0, 0.05) is 23.7 Å². The fraction of sp³-hybridized carbons (Fsp3) is 0.308. The monoisotopic (exact) mass is 253 g/mol. The number of nitrogens with one attached hydrogen (secondary N) is 1. The van der Waals surface area contributed by atoms with Gasteiger partial charge in [0.15, 0.2) is 0 Å². The van der Waals surface area contributed by atoms with Crippen LogP contribution in [-0.4, -0.2) is 17.6 Å². The van der Waals surface area contributed by atoms with Crippen molar-refractivity contribution in [3.63, 3.8) is 0 Å². The van der Waals surface area contributed by atoms with Crippen LogP contribution in [0.15, 0.2) is 35.9 Å². The molecule has 92 valence electrons. The van der Waals surface area contributed by atoms with E-state index >= 15 is 0 Å². The van der Waals surface area contributed by atoms with Crippen molar-refractivity contribution in [2.24, 2.45) is 0 Å². The summed E-state index contributed by atoms with van der Waals surface area (Å²) in [6.07, 6.45) is 1.21. The third-order valence-electron chi connectivity index (χ3n) is 2.41. The normalized spacial score (nSPS) is 13.5. The first kappa shape index (κ1) is 13.7. The van der Waals surface area contributed by atoms with Crippen LogP contribution in [-0.2, 0) is 4.79 Å². The Labute approximate surface area is 106 Å². The topological polar surface area (TPSA) is 49.3 Å². The van der Waals surface area contributed by atoms with Crippen molar-refractivity contribution in [1.29, 1.82) is 0 Å². The molecule has 0 saturated heterocycles. The Bertz CT molecular complexity index is 429. The van der Waals surface area contributed by atoms with Crippen molar-refractivity contribution < 1.29 is 9.90 Å². The lowest BCUT2D eigenvalue weighted by molar-refractivity contribution is -0.131. The standard InChI is InChI=1S/C13H16ClNO2/c1-9(6-13(16)17)8-15-10(2)11-4-3-5-12(14)7-11/h3-7,10,15H,8H2,1-2H3,(H,16,17)/b9-6+/t10-/m1/s1. The third-order valence-corrected chi connectivity index (χ3v) is 2.64. The predicted octanol–water partition coefficient (Wildman–Crippen LogP) is 3.02. The second-order valence-corrected chi connectivity index (χ2v) is 4.42. The molecule has 0 spiro atoms. The predicted molar refractivity (Wildman–Crippen MR) is 69.3 cm³/mol. The van der Waals surface area contributed by atoms with Gasteiger partial charge in [-0.15, -0.1) is 0 Å². The number of halogens is 1. The minimum atomic E-state index is -0.917. The number of carbonyl (C=O) groups is 1. The molecule has 0 bridgehead atoms. The van der Waals surface area contributed by atoms with E-state index in [0.29, 0.717) is 11.6 Å². The van der Waals surface area contributed by atoms with Crippen molar-refractivity contribution >= 4 is 17.6 Å². The van der Waals surface area contributed by atoms with Crippen LogP contribution in [0.1, 0.15) is 25.5 Å². The van der Waals surface area contributed by atoms with Crippen LogP contribution in [0.3, 0.4) is 0 Å². The van der Waals surface area contributed by atoms with Crippen molar-refractivity contribution in [3.05, 3.63) is 46.5 Å². The van der Waals surface area contributed by atoms with E-state index in [1.54, 1.807) is 6.92 Å². The molecule has 1 aromatic carbocycles. The van der Waals surface area contributed by atoms with E-state index in [4.69, 9.17) is 16.7 Å². The molecule has 0 fully saturated rings. The third kappa shape index (κ3) is 5.02. The Hall–Kier alpha value is -1.32. The largest absolute Gasteiger partial charge is 0.478 e. The molecule has 17 heavy (non-hydrogen) atoms. The minimum absolute atomic E-state index is 0.130. The smallest absolute Gasteiger partial charge is 0.328 e. The van der Waals surface area contributed by atoms with Crippen LogP contribution < -0.4 is 5.32 Å². The maximum absolute atomic E-state index is 10.4. The zero-order valence-corrected chi connectivity index (χ0v) is 10.7. The summed E-state index contributed by atoms with van der Waals surface area (Å²) < 4.78 is 0. The number of carboxylic acid groups (broad SMARTS) is 1. The SMILES string of the molecule is C/C(=C\C(=O)O)CN[C@H](C)c1cccc(Cl)c1. The molecule has 0 aromatic heterocycles. The molecule has 1 aromatic rings. The summed E-state index contributed by atoms with van der Waals surface area (Å²) in [5, 5.41) is 12.5. The molecule has 0 aliphatic rings. The molecular weight excluding hydrogens is 238 g/mol. The van der Waals surface area contributed by atoms with Gasteiger partial charge in [-0.3, -0.25) is 0 Å². The number of aliphatic carboxylic acids is 1. The summed E-state index contributed by atoms with van der Waals surface area (Å²) in [5.74, 6) is -0.917. The van der Waals surface area contributed by atoms with Gasteiger partial charge in [-0.25, -0.2) is 4.79 Å². The van der Waals surface area contributed by atoms with Gasteiger partial charge in [0.2, 0.25) is 0 Å². The van der Waals surface area contributed by atoms with E-state index in [1.165, 1.54) is 6.08 Å². The first-order valence-electron chi connectivity index (χ1n) is 5.38. The Morgan fingerprint density at radius 2 is 2.29 bits per heavy atom. The lowest BCUT2D eigenvalue weighted by Gasteiger charge is -2.14. The van der Waals surface area contributed by atoms with Gasteiger partial charge in [-0.2, -0.15) is 0 Å². The van der Waals surface area contributed by atoms with Crippen LogP contribution in [0.2, 0.25) is 5.02 Å². The van der Waals surface area contributed by atoms with Crippen LogP contribution in [0, 0.1) is 0 Å². The Kier molecular flexibility index (Phi) is 5.19. The van der Waals surface area contributed by atoms with Gasteiger partial charge in [0.25, 0.3) is 0 Å². The minimum Gasteiger partial charge on any atom is -0.478 e. The molecule has 0 unspecified atom stereocenters. The van der Waals surface area contributed by atoms with Crippen molar-refractivity contribution in [1.82, 2.24) is 5.32 Å². The summed E-state index contributed by atoms with van der Waals surface area (Å²) in [6.45, 7) is 4.34. The number of benzene rings is 1. The quantitative estimate of drug-likeness (QED) is 0.793. The molecule has 2 N–H and O–H groups in total. The van der Waals surface area contributed by atoms with E-state index in [1.807, 2.05) is 31.2 Å². The highest BCUT2D eigenvalue weighted by atomic mass is 35.5. The first-order chi connectivity index (χ1) is 7.99. The molecule has 3 nitrogen and oxygen atoms in total. The second kappa shape index (κ2) is 6.42. The van der Waals surface area contributed by atoms with Gasteiger partial charge >= 0.3 is 5.97 Å². The Morgan fingerprint density at radius 1 is 1.59 bits per heavy atom. The molecule has 0 amide bonds. The summed E-state index contributed by atoms with van der Waals surface area (Å²) in [6, 6.07) is 7.74. The summed E-state index contributed by atoms with van der Waals surface area (Å²) >= 11 is 5.90. The van der Waals surface area contributed by atoms with E-state index in [0.717, 1.165) is 11.1 Å². The summed E-state index contributed by atoms with van der Waals surface area (Å²) in [4.78, 5) is 10.4. The second-order valence-electron chi connectivity index (χ2n) is 3.99. The highest BCUT2D eigenvalue weighted by Crippen LogP contribution is 2.17. The number of hydrogen-bond acceptors (Lipinski definition) is 2. The first-order valence-corrected chi connectivity index (χ1v) is 5.76. The van der Waals surface area contributed by atoms with E-state index < -0.39 is 5.97 Å². The lowest BCUT2D eigenvalue weighted by Crippen LogP contribution is -2.20. The molecule has 1 atom stereocenters. The number of rotatable bonds is 5. The van der Waals surface area contributed by atoms with Gasteiger partial charge < -0.3 is 10.4 Å². The van der Waals surface area contributed by atoms with E-state index in [9.17, 15) is 4.79 Å². The van der Waals surface area contributed by atoms with Crippen LogP contribution in [0.4, 0.5) is 0 Å². The van der Waals surface area contributed by atoms with Crippen molar-refractivity contribution in [2.75, 3.05) is 6.54 Å². The maximum Gasteiger partial charge on any atom is 0.328 e. The zero-order valence-electron chi connectivity index (χ0n) is 9.90. The van der Waals surface area contributed by atoms with Crippen LogP contribution in [0.25, 0.3) is 0 Å². The summed E-state index contributed by atoms with van der Waals surface area (Å²) in [5.41, 5.74) is 1.87. The molecular formula is C13H16ClNO2. The molecule has 0 heterocycles. The molecule has 0 radical (unpaired) electrons. The van der Waals surface area contributed by atoms with Gasteiger partial charge in [0.1, 0.15) is 0 Å². The van der Waals surface area contributed by atoms with Crippen LogP contribution in [0.5, 0.6) is 0 Å². The van der Waals surface area contributed by atoms with Gasteiger partial charge in [-0.05, 0) is 31.5 Å². The summed E-state index contributed by atoms with van der Waals surface area (Å²) in [7, 11) is 0. The van der Waals surface area contributed by atoms with Crippen LogP contribution >= 0.6 is 11.6 Å². The lowest BCUT2D eigenvalue weighted by atomic mass is 10.1. The van der Waals surface area contributed by atoms with Gasteiger partial charge in [-0.1, -0.05) is 29.3 Å². The zero-order chi connectivity index (χ0) is 12.8. The fourth-order valence-electron chi connectivity index (χ4n) is 1.47. The average molecular weight is 254 g/mol. The Morgan fingerprint density at radius 3 is 2.88 bits per heavy atom. The fourth-order valence-corrected chi connectivity index (χ4v) is 1.67. The molecule has 1 rings (SSSR count). The van der Waals surface area contributed by atoms with E-state index in [-0.39, 0.29) is 6.04 Å². The molecule has 0 aliphatic heterocycles. The molecule has 4 heteroatoms. The van der Waals surface area contributed by atoms with Gasteiger partial charge in [0.05, 0.1) is 0 Å². The number of hydrogen-bond donors (Lipinski definition) is 2. The highest BCUT2D eigenvalue weighted by molar-refractivity contribution is 6.30. The van der Waals surface area contributed by atoms with Crippen molar-refractivity contribution in [2.45, 2.75) is 19.9 Å². The highest BCUT2D eigenvalue weighted by Gasteiger charge is 2.05. The molecule has 0 aliphatic carbocycles. The average Bonchev–Trinajstić information content (AvgIpc) is 2.25. The van der Waals surface area contributed by atoms with Crippen molar-refractivity contribution in [3.8, 4) is 0 Å². The molecule has 0 saturated carbocycles. The van der Waals surface area contributed by atoms with E-state index in [2.05, 4.69) is 5.32 Å². The Balaban J connectivity index is 2.56.